The Hall–Kier alpha value is -1.62. The van der Waals surface area contributed by atoms with E-state index in [4.69, 9.17) is 0 Å². The maximum absolute atomic E-state index is 4.66. The topological polar surface area (TPSA) is 54.8 Å². The summed E-state index contributed by atoms with van der Waals surface area (Å²) in [5, 5.41) is 12.9. The van der Waals surface area contributed by atoms with Crippen molar-refractivity contribution in [3.8, 4) is 0 Å². The highest BCUT2D eigenvalue weighted by molar-refractivity contribution is 5.91. The van der Waals surface area contributed by atoms with Crippen LogP contribution in [0.5, 0.6) is 0 Å². The molecular formula is C14H21N5. The first-order chi connectivity index (χ1) is 9.33. The molecule has 1 aliphatic rings. The number of aryl methyl sites for hydroxylation is 2. The highest BCUT2D eigenvalue weighted by Crippen LogP contribution is 2.27. The predicted molar refractivity (Wildman–Crippen MR) is 77.5 cm³/mol. The van der Waals surface area contributed by atoms with Crippen LogP contribution in [0, 0.1) is 0 Å². The van der Waals surface area contributed by atoms with Gasteiger partial charge in [0.05, 0.1) is 11.1 Å². The molecule has 1 fully saturated rings. The molecule has 19 heavy (non-hydrogen) atoms. The van der Waals surface area contributed by atoms with Crippen LogP contribution in [0.4, 0.5) is 5.69 Å². The molecule has 0 radical (unpaired) electrons. The van der Waals surface area contributed by atoms with Crippen molar-refractivity contribution in [2.24, 2.45) is 0 Å². The summed E-state index contributed by atoms with van der Waals surface area (Å²) in [6.45, 7) is 7.25. The van der Waals surface area contributed by atoms with Crippen LogP contribution in [0.3, 0.4) is 0 Å². The van der Waals surface area contributed by atoms with Crippen molar-refractivity contribution < 1.29 is 0 Å². The van der Waals surface area contributed by atoms with E-state index < -0.39 is 0 Å². The Morgan fingerprint density at radius 2 is 2.37 bits per heavy atom. The van der Waals surface area contributed by atoms with E-state index in [2.05, 4.69) is 40.6 Å². The molecule has 102 valence electrons. The van der Waals surface area contributed by atoms with Gasteiger partial charge in [-0.25, -0.2) is 9.67 Å². The molecule has 0 aliphatic carbocycles. The number of nitrogens with zero attached hydrogens (tertiary/aromatic N) is 3. The number of rotatable bonds is 4. The van der Waals surface area contributed by atoms with E-state index in [0.29, 0.717) is 6.04 Å². The summed E-state index contributed by atoms with van der Waals surface area (Å²) in [5.74, 6) is 0. The Kier molecular flexibility index (Phi) is 3.38. The van der Waals surface area contributed by atoms with Crippen LogP contribution in [-0.2, 0) is 13.0 Å². The Balaban J connectivity index is 2.05. The number of pyridine rings is 1. The van der Waals surface area contributed by atoms with Crippen LogP contribution in [0.15, 0.2) is 12.3 Å². The number of hydrogen-bond acceptors (Lipinski definition) is 4. The zero-order chi connectivity index (χ0) is 13.2. The van der Waals surface area contributed by atoms with Gasteiger partial charge in [-0.2, -0.15) is 5.10 Å². The van der Waals surface area contributed by atoms with E-state index in [1.807, 2.05) is 10.9 Å². The van der Waals surface area contributed by atoms with Crippen LogP contribution in [0.25, 0.3) is 11.0 Å². The SMILES string of the molecule is CCc1nn(CC)c2nccc(N[C@@H]3CCNC3)c12. The van der Waals surface area contributed by atoms with Gasteiger partial charge >= 0.3 is 0 Å². The van der Waals surface area contributed by atoms with Gasteiger partial charge in [0.2, 0.25) is 0 Å². The summed E-state index contributed by atoms with van der Waals surface area (Å²) in [6.07, 6.45) is 3.99. The third kappa shape index (κ3) is 2.18. The maximum atomic E-state index is 4.66. The van der Waals surface area contributed by atoms with Crippen LogP contribution in [-0.4, -0.2) is 33.9 Å². The molecule has 0 spiro atoms. The Morgan fingerprint density at radius 1 is 1.47 bits per heavy atom. The number of anilines is 1. The first-order valence-corrected chi connectivity index (χ1v) is 7.15. The lowest BCUT2D eigenvalue weighted by Gasteiger charge is -2.14. The van der Waals surface area contributed by atoms with Gasteiger partial charge < -0.3 is 10.6 Å². The fourth-order valence-corrected chi connectivity index (χ4v) is 2.76. The smallest absolute Gasteiger partial charge is 0.160 e. The predicted octanol–water partition coefficient (Wildman–Crippen LogP) is 1.79. The normalized spacial score (nSPS) is 19.2. The minimum Gasteiger partial charge on any atom is -0.380 e. The molecule has 1 aliphatic heterocycles. The monoisotopic (exact) mass is 259 g/mol. The minimum atomic E-state index is 0.514. The van der Waals surface area contributed by atoms with E-state index in [1.165, 1.54) is 17.5 Å². The average Bonchev–Trinajstić information content (AvgIpc) is 3.06. The second-order valence-corrected chi connectivity index (χ2v) is 5.01. The van der Waals surface area contributed by atoms with Gasteiger partial charge in [-0.1, -0.05) is 6.92 Å². The molecule has 5 nitrogen and oxygen atoms in total. The molecule has 1 saturated heterocycles. The Labute approximate surface area is 113 Å². The summed E-state index contributed by atoms with van der Waals surface area (Å²) in [4.78, 5) is 4.50. The number of nitrogens with one attached hydrogen (secondary N) is 2. The highest BCUT2D eigenvalue weighted by Gasteiger charge is 2.18. The lowest BCUT2D eigenvalue weighted by molar-refractivity contribution is 0.664. The average molecular weight is 259 g/mol. The van der Waals surface area contributed by atoms with E-state index in [0.717, 1.165) is 37.4 Å². The number of fused-ring (bicyclic) bond motifs is 1. The summed E-state index contributed by atoms with van der Waals surface area (Å²) < 4.78 is 1.99. The zero-order valence-electron chi connectivity index (χ0n) is 11.6. The molecule has 0 bridgehead atoms. The van der Waals surface area contributed by atoms with Gasteiger partial charge in [-0.15, -0.1) is 0 Å². The van der Waals surface area contributed by atoms with Gasteiger partial charge in [-0.3, -0.25) is 0 Å². The van der Waals surface area contributed by atoms with Crippen LogP contribution in [0.1, 0.15) is 26.0 Å². The molecule has 1 atom stereocenters. The molecule has 2 N–H and O–H groups in total. The first-order valence-electron chi connectivity index (χ1n) is 7.15. The molecule has 0 amide bonds. The molecule has 0 aromatic carbocycles. The second kappa shape index (κ2) is 5.17. The van der Waals surface area contributed by atoms with Gasteiger partial charge in [0, 0.05) is 31.0 Å². The van der Waals surface area contributed by atoms with Crippen molar-refractivity contribution in [2.75, 3.05) is 18.4 Å². The van der Waals surface area contributed by atoms with E-state index in [-0.39, 0.29) is 0 Å². The zero-order valence-corrected chi connectivity index (χ0v) is 11.6. The lowest BCUT2D eigenvalue weighted by Crippen LogP contribution is -2.22. The van der Waals surface area contributed by atoms with E-state index in [1.54, 1.807) is 0 Å². The second-order valence-electron chi connectivity index (χ2n) is 5.01. The minimum absolute atomic E-state index is 0.514. The molecular weight excluding hydrogens is 238 g/mol. The van der Waals surface area contributed by atoms with E-state index >= 15 is 0 Å². The van der Waals surface area contributed by atoms with E-state index in [9.17, 15) is 0 Å². The molecule has 2 aromatic heterocycles. The molecule has 3 heterocycles. The van der Waals surface area contributed by atoms with Crippen LogP contribution in [0.2, 0.25) is 0 Å². The van der Waals surface area contributed by atoms with Crippen molar-refractivity contribution in [1.29, 1.82) is 0 Å². The highest BCUT2D eigenvalue weighted by atomic mass is 15.3. The molecule has 3 rings (SSSR count). The number of hydrogen-bond donors (Lipinski definition) is 2. The largest absolute Gasteiger partial charge is 0.380 e. The summed E-state index contributed by atoms with van der Waals surface area (Å²) in [5.41, 5.74) is 3.31. The summed E-state index contributed by atoms with van der Waals surface area (Å²) in [6, 6.07) is 2.59. The fraction of sp³-hybridized carbons (Fsp3) is 0.571. The summed E-state index contributed by atoms with van der Waals surface area (Å²) >= 11 is 0. The van der Waals surface area contributed by atoms with Crippen molar-refractivity contribution in [2.45, 2.75) is 39.3 Å². The van der Waals surface area contributed by atoms with Crippen molar-refractivity contribution in [3.05, 3.63) is 18.0 Å². The van der Waals surface area contributed by atoms with Gasteiger partial charge in [0.25, 0.3) is 0 Å². The molecule has 2 aromatic rings. The first kappa shape index (κ1) is 12.4. The van der Waals surface area contributed by atoms with Crippen LogP contribution < -0.4 is 10.6 Å². The lowest BCUT2D eigenvalue weighted by atomic mass is 10.1. The van der Waals surface area contributed by atoms with Gasteiger partial charge in [0.1, 0.15) is 0 Å². The quantitative estimate of drug-likeness (QED) is 0.879. The number of aromatic nitrogens is 3. The van der Waals surface area contributed by atoms with Gasteiger partial charge in [0.15, 0.2) is 5.65 Å². The fourth-order valence-electron chi connectivity index (χ4n) is 2.76. The van der Waals surface area contributed by atoms with Crippen molar-refractivity contribution in [1.82, 2.24) is 20.1 Å². The maximum Gasteiger partial charge on any atom is 0.160 e. The van der Waals surface area contributed by atoms with Crippen molar-refractivity contribution in [3.63, 3.8) is 0 Å². The molecule has 5 heteroatoms. The Morgan fingerprint density at radius 3 is 3.05 bits per heavy atom. The third-order valence-corrected chi connectivity index (χ3v) is 3.76. The van der Waals surface area contributed by atoms with Crippen LogP contribution >= 0.6 is 0 Å². The standard InChI is InChI=1S/C14H21N5/c1-3-11-13-12(17-10-5-7-15-9-10)6-8-16-14(13)19(4-2)18-11/h6,8,10,15H,3-5,7,9H2,1-2H3,(H,16,17)/t10-/m1/s1. The summed E-state index contributed by atoms with van der Waals surface area (Å²) in [7, 11) is 0. The Bertz CT molecular complexity index is 568. The third-order valence-electron chi connectivity index (χ3n) is 3.76. The molecule has 0 unspecified atom stereocenters. The molecule has 0 saturated carbocycles. The van der Waals surface area contributed by atoms with Crippen molar-refractivity contribution >= 4 is 16.7 Å². The van der Waals surface area contributed by atoms with Gasteiger partial charge in [-0.05, 0) is 32.4 Å².